The summed E-state index contributed by atoms with van der Waals surface area (Å²) < 4.78 is 5.13. The van der Waals surface area contributed by atoms with Crippen LogP contribution in [-0.4, -0.2) is 66.8 Å². The third-order valence-electron chi connectivity index (χ3n) is 5.52. The predicted octanol–water partition coefficient (Wildman–Crippen LogP) is 1.94. The number of aromatic carboxylic acids is 1. The predicted molar refractivity (Wildman–Crippen MR) is 97.5 cm³/mol. The number of nitrogens with zero attached hydrogens (tertiary/aromatic N) is 3. The van der Waals surface area contributed by atoms with Gasteiger partial charge in [0.2, 0.25) is 5.91 Å². The van der Waals surface area contributed by atoms with Crippen molar-refractivity contribution in [2.75, 3.05) is 44.8 Å². The van der Waals surface area contributed by atoms with Gasteiger partial charge in [0.1, 0.15) is 11.4 Å². The van der Waals surface area contributed by atoms with Crippen LogP contribution >= 0.6 is 0 Å². The fraction of sp³-hybridized carbons (Fsp3) is 0.632. The molecule has 0 bridgehead atoms. The van der Waals surface area contributed by atoms with Crippen LogP contribution in [0.1, 0.15) is 41.7 Å². The zero-order valence-electron chi connectivity index (χ0n) is 15.5. The molecule has 2 fully saturated rings. The largest absolute Gasteiger partial charge is 0.478 e. The molecule has 1 aromatic heterocycles. The van der Waals surface area contributed by atoms with Gasteiger partial charge < -0.3 is 19.6 Å². The van der Waals surface area contributed by atoms with E-state index in [0.29, 0.717) is 31.9 Å². The van der Waals surface area contributed by atoms with E-state index >= 15 is 0 Å². The number of carbonyl (C=O) groups is 2. The van der Waals surface area contributed by atoms with Gasteiger partial charge in [0.05, 0.1) is 6.61 Å². The Morgan fingerprint density at radius 1 is 1.35 bits per heavy atom. The first-order valence-electron chi connectivity index (χ1n) is 9.17. The summed E-state index contributed by atoms with van der Waals surface area (Å²) in [6, 6.07) is 3.37. The van der Waals surface area contributed by atoms with Gasteiger partial charge in [0, 0.05) is 50.8 Å². The molecule has 0 aromatic carbocycles. The van der Waals surface area contributed by atoms with Crippen LogP contribution in [0.5, 0.6) is 0 Å². The maximum Gasteiger partial charge on any atom is 0.339 e. The van der Waals surface area contributed by atoms with E-state index in [0.717, 1.165) is 38.0 Å². The third kappa shape index (κ3) is 3.82. The lowest BCUT2D eigenvalue weighted by Gasteiger charge is -2.48. The number of carbonyl (C=O) groups excluding carboxylic acids is 1. The van der Waals surface area contributed by atoms with Gasteiger partial charge in [-0.05, 0) is 38.3 Å². The summed E-state index contributed by atoms with van der Waals surface area (Å²) >= 11 is 0. The quantitative estimate of drug-likeness (QED) is 0.863. The molecule has 1 N–H and O–H groups in total. The average Bonchev–Trinajstić information content (AvgIpc) is 2.62. The standard InChI is InChI=1S/C19H27N3O4/c1-14-4-5-15(18(24)25)17(20-14)22-9-3-7-19(13-22)8-6-16(23)21(12-19)10-11-26-2/h4-5H,3,6-13H2,1-2H3,(H,24,25)/t19-/m1/s1. The number of aryl methyl sites for hydroxylation is 1. The van der Waals surface area contributed by atoms with Crippen molar-refractivity contribution in [1.29, 1.82) is 0 Å². The van der Waals surface area contributed by atoms with Crippen LogP contribution in [-0.2, 0) is 9.53 Å². The van der Waals surface area contributed by atoms with Crippen molar-refractivity contribution in [2.24, 2.45) is 5.41 Å². The minimum atomic E-state index is -0.951. The Balaban J connectivity index is 1.82. The van der Waals surface area contributed by atoms with Crippen molar-refractivity contribution < 1.29 is 19.4 Å². The summed E-state index contributed by atoms with van der Waals surface area (Å²) in [5.74, 6) is -0.214. The molecule has 3 rings (SSSR count). The minimum absolute atomic E-state index is 0.00109. The number of piperidine rings is 2. The molecule has 26 heavy (non-hydrogen) atoms. The Kier molecular flexibility index (Phi) is 5.46. The molecule has 2 aliphatic rings. The Hall–Kier alpha value is -2.15. The van der Waals surface area contributed by atoms with Crippen LogP contribution in [0.4, 0.5) is 5.82 Å². The Labute approximate surface area is 153 Å². The number of ether oxygens (including phenoxy) is 1. The maximum atomic E-state index is 12.2. The van der Waals surface area contributed by atoms with Crippen LogP contribution < -0.4 is 4.90 Å². The third-order valence-corrected chi connectivity index (χ3v) is 5.52. The number of pyridine rings is 1. The van der Waals surface area contributed by atoms with Gasteiger partial charge in [-0.2, -0.15) is 0 Å². The smallest absolute Gasteiger partial charge is 0.339 e. The minimum Gasteiger partial charge on any atom is -0.478 e. The summed E-state index contributed by atoms with van der Waals surface area (Å²) in [6.45, 7) is 5.26. The van der Waals surface area contributed by atoms with Crippen molar-refractivity contribution >= 4 is 17.7 Å². The summed E-state index contributed by atoms with van der Waals surface area (Å²) in [6.07, 6.45) is 3.42. The molecule has 7 heteroatoms. The van der Waals surface area contributed by atoms with Gasteiger partial charge in [-0.1, -0.05) is 0 Å². The van der Waals surface area contributed by atoms with E-state index in [1.165, 1.54) is 0 Å². The molecule has 7 nitrogen and oxygen atoms in total. The molecule has 1 atom stereocenters. The van der Waals surface area contributed by atoms with Crippen LogP contribution in [0.25, 0.3) is 0 Å². The van der Waals surface area contributed by atoms with E-state index in [1.807, 2.05) is 11.8 Å². The van der Waals surface area contributed by atoms with Crippen LogP contribution in [0.3, 0.4) is 0 Å². The van der Waals surface area contributed by atoms with Gasteiger partial charge in [0.15, 0.2) is 0 Å². The van der Waals surface area contributed by atoms with Crippen molar-refractivity contribution in [1.82, 2.24) is 9.88 Å². The number of aromatic nitrogens is 1. The molecular weight excluding hydrogens is 334 g/mol. The van der Waals surface area contributed by atoms with E-state index in [9.17, 15) is 14.7 Å². The molecule has 142 valence electrons. The molecule has 0 saturated carbocycles. The number of hydrogen-bond acceptors (Lipinski definition) is 5. The number of carboxylic acids is 1. The van der Waals surface area contributed by atoms with Gasteiger partial charge in [-0.25, -0.2) is 9.78 Å². The fourth-order valence-corrected chi connectivity index (χ4v) is 4.18. The maximum absolute atomic E-state index is 12.2. The monoisotopic (exact) mass is 361 g/mol. The van der Waals surface area contributed by atoms with Crippen molar-refractivity contribution in [3.05, 3.63) is 23.4 Å². The summed E-state index contributed by atoms with van der Waals surface area (Å²) in [5.41, 5.74) is 1.06. The molecule has 2 saturated heterocycles. The molecule has 1 amide bonds. The summed E-state index contributed by atoms with van der Waals surface area (Å²) in [5, 5.41) is 9.53. The van der Waals surface area contributed by atoms with E-state index in [1.54, 1.807) is 19.2 Å². The lowest BCUT2D eigenvalue weighted by atomic mass is 9.73. The van der Waals surface area contributed by atoms with E-state index < -0.39 is 5.97 Å². The van der Waals surface area contributed by atoms with Gasteiger partial charge in [-0.15, -0.1) is 0 Å². The topological polar surface area (TPSA) is 83.0 Å². The Morgan fingerprint density at radius 2 is 2.15 bits per heavy atom. The molecule has 0 aliphatic carbocycles. The highest BCUT2D eigenvalue weighted by atomic mass is 16.5. The highest BCUT2D eigenvalue weighted by Crippen LogP contribution is 2.40. The zero-order chi connectivity index (χ0) is 18.7. The number of likely N-dealkylation sites (tertiary alicyclic amines) is 1. The van der Waals surface area contributed by atoms with Crippen molar-refractivity contribution in [3.8, 4) is 0 Å². The first-order valence-corrected chi connectivity index (χ1v) is 9.17. The molecule has 0 unspecified atom stereocenters. The molecule has 3 heterocycles. The number of anilines is 1. The zero-order valence-corrected chi connectivity index (χ0v) is 15.5. The molecule has 1 aromatic rings. The van der Waals surface area contributed by atoms with E-state index in [-0.39, 0.29) is 16.9 Å². The number of methoxy groups -OCH3 is 1. The molecule has 0 radical (unpaired) electrons. The van der Waals surface area contributed by atoms with Crippen LogP contribution in [0, 0.1) is 12.3 Å². The second-order valence-electron chi connectivity index (χ2n) is 7.46. The number of hydrogen-bond donors (Lipinski definition) is 1. The van der Waals surface area contributed by atoms with Crippen molar-refractivity contribution in [2.45, 2.75) is 32.6 Å². The number of carboxylic acid groups (broad SMARTS) is 1. The Morgan fingerprint density at radius 3 is 2.88 bits per heavy atom. The van der Waals surface area contributed by atoms with Gasteiger partial charge in [-0.3, -0.25) is 4.79 Å². The van der Waals surface area contributed by atoms with Gasteiger partial charge >= 0.3 is 5.97 Å². The second kappa shape index (κ2) is 7.61. The van der Waals surface area contributed by atoms with Crippen LogP contribution in [0.2, 0.25) is 0 Å². The summed E-state index contributed by atoms with van der Waals surface area (Å²) in [4.78, 5) is 32.4. The highest BCUT2D eigenvalue weighted by Gasteiger charge is 2.42. The summed E-state index contributed by atoms with van der Waals surface area (Å²) in [7, 11) is 1.64. The normalized spacial score (nSPS) is 23.5. The second-order valence-corrected chi connectivity index (χ2v) is 7.46. The SMILES string of the molecule is COCCN1C[C@@]2(CCCN(c3nc(C)ccc3C(=O)O)C2)CCC1=O. The highest BCUT2D eigenvalue weighted by molar-refractivity contribution is 5.93. The van der Waals surface area contributed by atoms with Crippen LogP contribution in [0.15, 0.2) is 12.1 Å². The molecule has 2 aliphatic heterocycles. The number of rotatable bonds is 5. The molecule has 1 spiro atoms. The van der Waals surface area contributed by atoms with E-state index in [4.69, 9.17) is 4.74 Å². The van der Waals surface area contributed by atoms with E-state index in [2.05, 4.69) is 9.88 Å². The Bertz CT molecular complexity index is 693. The van der Waals surface area contributed by atoms with Gasteiger partial charge in [0.25, 0.3) is 0 Å². The fourth-order valence-electron chi connectivity index (χ4n) is 4.18. The first kappa shape index (κ1) is 18.6. The first-order chi connectivity index (χ1) is 12.4. The lowest BCUT2D eigenvalue weighted by Crippen LogP contribution is -2.55. The lowest BCUT2D eigenvalue weighted by molar-refractivity contribution is -0.138. The van der Waals surface area contributed by atoms with Crippen molar-refractivity contribution in [3.63, 3.8) is 0 Å². The molecular formula is C19H27N3O4. The average molecular weight is 361 g/mol. The number of amides is 1.